The smallest absolute Gasteiger partial charge is 0.307 e. The normalized spacial score (nSPS) is 15.8. The molecule has 3 nitrogen and oxygen atoms in total. The van der Waals surface area contributed by atoms with Gasteiger partial charge in [0.05, 0.1) is 13.0 Å². The molecule has 0 saturated heterocycles. The topological polar surface area (TPSA) is 52.3 Å². The first kappa shape index (κ1) is 11.4. The molecule has 0 amide bonds. The summed E-state index contributed by atoms with van der Waals surface area (Å²) >= 11 is 0. The molecule has 0 heterocycles. The quantitative estimate of drug-likeness (QED) is 0.652. The van der Waals surface area contributed by atoms with Crippen molar-refractivity contribution < 1.29 is 9.53 Å². The molecule has 0 saturated carbocycles. The molecule has 0 aliphatic heterocycles. The lowest BCUT2D eigenvalue weighted by Gasteiger charge is -2.27. The third kappa shape index (κ3) is 3.72. The zero-order chi connectivity index (χ0) is 9.78. The van der Waals surface area contributed by atoms with Gasteiger partial charge in [-0.15, -0.1) is 0 Å². The van der Waals surface area contributed by atoms with E-state index in [1.54, 1.807) is 6.92 Å². The lowest BCUT2D eigenvalue weighted by molar-refractivity contribution is -0.144. The maximum Gasteiger partial charge on any atom is 0.307 e. The van der Waals surface area contributed by atoms with Gasteiger partial charge in [-0.05, 0) is 19.8 Å². The number of esters is 1. The Bertz CT molecular complexity index is 153. The van der Waals surface area contributed by atoms with E-state index < -0.39 is 5.54 Å². The van der Waals surface area contributed by atoms with Crippen molar-refractivity contribution in [3.63, 3.8) is 0 Å². The van der Waals surface area contributed by atoms with Crippen LogP contribution < -0.4 is 5.73 Å². The number of hydrogen-bond donors (Lipinski definition) is 1. The monoisotopic (exact) mass is 173 g/mol. The Morgan fingerprint density at radius 1 is 1.58 bits per heavy atom. The van der Waals surface area contributed by atoms with Gasteiger partial charge in [0.2, 0.25) is 0 Å². The lowest BCUT2D eigenvalue weighted by Crippen LogP contribution is -2.44. The van der Waals surface area contributed by atoms with Crippen molar-refractivity contribution in [3.8, 4) is 0 Å². The number of ether oxygens (including phenoxy) is 1. The number of hydrogen-bond acceptors (Lipinski definition) is 3. The molecule has 1 atom stereocenters. The Morgan fingerprint density at radius 2 is 2.08 bits per heavy atom. The molecule has 0 spiro atoms. The Kier molecular flexibility index (Phi) is 4.24. The van der Waals surface area contributed by atoms with Crippen molar-refractivity contribution in [2.75, 3.05) is 6.61 Å². The average molecular weight is 173 g/mol. The maximum atomic E-state index is 11.1. The Hall–Kier alpha value is -0.570. The molecule has 72 valence electrons. The summed E-state index contributed by atoms with van der Waals surface area (Å²) < 4.78 is 4.81. The maximum absolute atomic E-state index is 11.1. The van der Waals surface area contributed by atoms with Gasteiger partial charge in [0.15, 0.2) is 0 Å². The Morgan fingerprint density at radius 3 is 2.42 bits per heavy atom. The highest BCUT2D eigenvalue weighted by Gasteiger charge is 2.26. The van der Waals surface area contributed by atoms with Crippen molar-refractivity contribution in [2.45, 2.75) is 39.7 Å². The summed E-state index contributed by atoms with van der Waals surface area (Å²) in [6, 6.07) is 0. The zero-order valence-electron chi connectivity index (χ0n) is 8.39. The molecular formula is C9H19NO2. The van der Waals surface area contributed by atoms with Gasteiger partial charge in [-0.3, -0.25) is 4.79 Å². The van der Waals surface area contributed by atoms with E-state index in [-0.39, 0.29) is 11.9 Å². The van der Waals surface area contributed by atoms with E-state index in [0.717, 1.165) is 0 Å². The van der Waals surface area contributed by atoms with Crippen LogP contribution in [0.3, 0.4) is 0 Å². The van der Waals surface area contributed by atoms with Crippen LogP contribution in [0.25, 0.3) is 0 Å². The highest BCUT2D eigenvalue weighted by Crippen LogP contribution is 2.17. The molecule has 2 N–H and O–H groups in total. The first-order valence-corrected chi connectivity index (χ1v) is 4.34. The summed E-state index contributed by atoms with van der Waals surface area (Å²) in [5.74, 6) is 0.0677. The van der Waals surface area contributed by atoms with E-state index in [1.807, 2.05) is 20.8 Å². The predicted molar refractivity (Wildman–Crippen MR) is 48.7 cm³/mol. The van der Waals surface area contributed by atoms with Gasteiger partial charge in [0, 0.05) is 5.54 Å². The van der Waals surface area contributed by atoms with Crippen LogP contribution in [0.15, 0.2) is 0 Å². The van der Waals surface area contributed by atoms with E-state index in [9.17, 15) is 4.79 Å². The first-order valence-electron chi connectivity index (χ1n) is 4.34. The van der Waals surface area contributed by atoms with E-state index in [1.165, 1.54) is 0 Å². The molecular weight excluding hydrogens is 154 g/mol. The van der Waals surface area contributed by atoms with Crippen LogP contribution in [0.2, 0.25) is 0 Å². The molecule has 3 heteroatoms. The second-order valence-electron chi connectivity index (χ2n) is 3.64. The molecule has 0 rings (SSSR count). The van der Waals surface area contributed by atoms with E-state index in [4.69, 9.17) is 10.5 Å². The first-order chi connectivity index (χ1) is 5.40. The molecule has 0 bridgehead atoms. The van der Waals surface area contributed by atoms with E-state index >= 15 is 0 Å². The standard InChI is InChI=1S/C9H19NO2/c1-5-12-8(11)6-9(4,10)7(2)3/h7H,5-6,10H2,1-4H3/t9-/m1/s1. The third-order valence-electron chi connectivity index (χ3n) is 2.15. The average Bonchev–Trinajstić information content (AvgIpc) is 1.85. The fourth-order valence-corrected chi connectivity index (χ4v) is 0.727. The summed E-state index contributed by atoms with van der Waals surface area (Å²) in [4.78, 5) is 11.1. The molecule has 0 aliphatic rings. The number of nitrogens with two attached hydrogens (primary N) is 1. The van der Waals surface area contributed by atoms with Crippen LogP contribution in [0.4, 0.5) is 0 Å². The highest BCUT2D eigenvalue weighted by atomic mass is 16.5. The second kappa shape index (κ2) is 4.45. The van der Waals surface area contributed by atoms with Crippen LogP contribution in [0.5, 0.6) is 0 Å². The minimum atomic E-state index is -0.452. The SMILES string of the molecule is CCOC(=O)C[C@@](C)(N)C(C)C. The summed E-state index contributed by atoms with van der Waals surface area (Å²) in [7, 11) is 0. The molecule has 0 unspecified atom stereocenters. The minimum Gasteiger partial charge on any atom is -0.466 e. The van der Waals surface area contributed by atoms with Crippen LogP contribution in [-0.4, -0.2) is 18.1 Å². The highest BCUT2D eigenvalue weighted by molar-refractivity contribution is 5.70. The molecule has 0 radical (unpaired) electrons. The van der Waals surface area contributed by atoms with Gasteiger partial charge < -0.3 is 10.5 Å². The zero-order valence-corrected chi connectivity index (χ0v) is 8.39. The van der Waals surface area contributed by atoms with Gasteiger partial charge in [-0.1, -0.05) is 13.8 Å². The molecule has 0 aliphatic carbocycles. The van der Waals surface area contributed by atoms with E-state index in [0.29, 0.717) is 13.0 Å². The molecule has 0 fully saturated rings. The number of carbonyl (C=O) groups is 1. The van der Waals surface area contributed by atoms with Gasteiger partial charge in [-0.25, -0.2) is 0 Å². The Labute approximate surface area is 74.3 Å². The fourth-order valence-electron chi connectivity index (χ4n) is 0.727. The van der Waals surface area contributed by atoms with E-state index in [2.05, 4.69) is 0 Å². The van der Waals surface area contributed by atoms with Crippen molar-refractivity contribution in [3.05, 3.63) is 0 Å². The van der Waals surface area contributed by atoms with Crippen molar-refractivity contribution in [1.29, 1.82) is 0 Å². The second-order valence-corrected chi connectivity index (χ2v) is 3.64. The van der Waals surface area contributed by atoms with Crippen LogP contribution in [-0.2, 0) is 9.53 Å². The molecule has 0 aromatic heterocycles. The molecule has 0 aromatic carbocycles. The fraction of sp³-hybridized carbons (Fsp3) is 0.889. The molecule has 0 aromatic rings. The lowest BCUT2D eigenvalue weighted by atomic mass is 9.86. The van der Waals surface area contributed by atoms with Crippen LogP contribution in [0.1, 0.15) is 34.1 Å². The van der Waals surface area contributed by atoms with Crippen molar-refractivity contribution in [1.82, 2.24) is 0 Å². The largest absolute Gasteiger partial charge is 0.466 e. The number of carbonyl (C=O) groups excluding carboxylic acids is 1. The predicted octanol–water partition coefficient (Wildman–Crippen LogP) is 1.31. The Balaban J connectivity index is 3.97. The summed E-state index contributed by atoms with van der Waals surface area (Å²) in [6.45, 7) is 8.08. The third-order valence-corrected chi connectivity index (χ3v) is 2.15. The van der Waals surface area contributed by atoms with Gasteiger partial charge in [-0.2, -0.15) is 0 Å². The van der Waals surface area contributed by atoms with Crippen molar-refractivity contribution in [2.24, 2.45) is 11.7 Å². The summed E-state index contributed by atoms with van der Waals surface area (Å²) in [6.07, 6.45) is 0.290. The van der Waals surface area contributed by atoms with Gasteiger partial charge >= 0.3 is 5.97 Å². The summed E-state index contributed by atoms with van der Waals surface area (Å²) in [5, 5.41) is 0. The summed E-state index contributed by atoms with van der Waals surface area (Å²) in [5.41, 5.74) is 5.44. The van der Waals surface area contributed by atoms with Crippen LogP contribution in [0, 0.1) is 5.92 Å². The minimum absolute atomic E-state index is 0.212. The van der Waals surface area contributed by atoms with Crippen LogP contribution >= 0.6 is 0 Å². The van der Waals surface area contributed by atoms with Gasteiger partial charge in [0.25, 0.3) is 0 Å². The van der Waals surface area contributed by atoms with Gasteiger partial charge in [0.1, 0.15) is 0 Å². The van der Waals surface area contributed by atoms with Crippen molar-refractivity contribution >= 4 is 5.97 Å². The number of rotatable bonds is 4. The molecule has 12 heavy (non-hydrogen) atoms.